The Hall–Kier alpha value is -1.02. The van der Waals surface area contributed by atoms with Gasteiger partial charge >= 0.3 is 0 Å². The van der Waals surface area contributed by atoms with Crippen LogP contribution in [0.25, 0.3) is 0 Å². The lowest BCUT2D eigenvalue weighted by atomic mass is 10.0. The minimum atomic E-state index is 1.02. The van der Waals surface area contributed by atoms with E-state index in [4.69, 9.17) is 4.74 Å². The van der Waals surface area contributed by atoms with Gasteiger partial charge < -0.3 is 10.1 Å². The molecule has 1 N–H and O–H groups in total. The summed E-state index contributed by atoms with van der Waals surface area (Å²) in [6, 6.07) is 4.42. The van der Waals surface area contributed by atoms with Crippen LogP contribution in [0.1, 0.15) is 23.6 Å². The molecule has 2 nitrogen and oxygen atoms in total. The van der Waals surface area contributed by atoms with Gasteiger partial charge in [-0.3, -0.25) is 0 Å². The highest BCUT2D eigenvalue weighted by Crippen LogP contribution is 2.24. The van der Waals surface area contributed by atoms with E-state index in [1.165, 1.54) is 16.7 Å². The maximum absolute atomic E-state index is 5.34. The summed E-state index contributed by atoms with van der Waals surface area (Å²) in [5.41, 5.74) is 3.83. The van der Waals surface area contributed by atoms with Crippen molar-refractivity contribution in [2.75, 3.05) is 20.2 Å². The Bertz CT molecular complexity index is 297. The van der Waals surface area contributed by atoms with E-state index in [-0.39, 0.29) is 0 Å². The molecule has 1 aromatic rings. The van der Waals surface area contributed by atoms with Gasteiger partial charge in [-0.2, -0.15) is 0 Å². The maximum atomic E-state index is 5.34. The molecule has 0 aliphatic heterocycles. The van der Waals surface area contributed by atoms with Gasteiger partial charge in [-0.05, 0) is 50.0 Å². The molecule has 0 radical (unpaired) electrons. The van der Waals surface area contributed by atoms with Crippen LogP contribution in [0.15, 0.2) is 12.1 Å². The molecule has 84 valence electrons. The van der Waals surface area contributed by atoms with Gasteiger partial charge in [0, 0.05) is 0 Å². The van der Waals surface area contributed by atoms with Crippen molar-refractivity contribution in [2.45, 2.75) is 27.2 Å². The minimum absolute atomic E-state index is 1.02. The average molecular weight is 207 g/mol. The lowest BCUT2D eigenvalue weighted by molar-refractivity contribution is 0.408. The molecule has 0 saturated carbocycles. The van der Waals surface area contributed by atoms with Crippen molar-refractivity contribution in [3.63, 3.8) is 0 Å². The third kappa shape index (κ3) is 3.24. The van der Waals surface area contributed by atoms with Crippen molar-refractivity contribution in [3.05, 3.63) is 28.8 Å². The number of ether oxygens (including phenoxy) is 1. The van der Waals surface area contributed by atoms with Gasteiger partial charge in [0.2, 0.25) is 0 Å². The van der Waals surface area contributed by atoms with Gasteiger partial charge in [0.1, 0.15) is 5.75 Å². The number of methoxy groups -OCH3 is 1. The maximum Gasteiger partial charge on any atom is 0.124 e. The van der Waals surface area contributed by atoms with E-state index in [1.54, 1.807) is 7.11 Å². The third-order valence-corrected chi connectivity index (χ3v) is 2.56. The molecule has 0 bridgehead atoms. The van der Waals surface area contributed by atoms with Gasteiger partial charge in [-0.25, -0.2) is 0 Å². The van der Waals surface area contributed by atoms with Crippen LogP contribution < -0.4 is 10.1 Å². The SMILES string of the molecule is CCNCCc1cc(C)c(OC)c(C)c1. The number of rotatable bonds is 5. The molecule has 0 aliphatic carbocycles. The molecule has 0 fully saturated rings. The first kappa shape index (κ1) is 12.1. The Morgan fingerprint density at radius 3 is 2.27 bits per heavy atom. The molecule has 0 spiro atoms. The normalized spacial score (nSPS) is 10.4. The predicted molar refractivity (Wildman–Crippen MR) is 64.7 cm³/mol. The van der Waals surface area contributed by atoms with Crippen LogP contribution in [0.3, 0.4) is 0 Å². The van der Waals surface area contributed by atoms with Crippen molar-refractivity contribution in [2.24, 2.45) is 0 Å². The van der Waals surface area contributed by atoms with Gasteiger partial charge in [0.05, 0.1) is 7.11 Å². The summed E-state index contributed by atoms with van der Waals surface area (Å²) in [4.78, 5) is 0. The largest absolute Gasteiger partial charge is 0.496 e. The second-order valence-electron chi connectivity index (χ2n) is 3.87. The first-order chi connectivity index (χ1) is 7.19. The van der Waals surface area contributed by atoms with E-state index in [1.807, 2.05) is 0 Å². The van der Waals surface area contributed by atoms with E-state index >= 15 is 0 Å². The van der Waals surface area contributed by atoms with E-state index < -0.39 is 0 Å². The second kappa shape index (κ2) is 5.76. The van der Waals surface area contributed by atoms with Crippen LogP contribution >= 0.6 is 0 Å². The van der Waals surface area contributed by atoms with Crippen molar-refractivity contribution in [3.8, 4) is 5.75 Å². The highest BCUT2D eigenvalue weighted by atomic mass is 16.5. The van der Waals surface area contributed by atoms with Crippen LogP contribution in [0.2, 0.25) is 0 Å². The fraction of sp³-hybridized carbons (Fsp3) is 0.538. The summed E-state index contributed by atoms with van der Waals surface area (Å²) in [5, 5.41) is 3.33. The fourth-order valence-electron chi connectivity index (χ4n) is 1.92. The van der Waals surface area contributed by atoms with E-state index in [0.29, 0.717) is 0 Å². The van der Waals surface area contributed by atoms with Gasteiger partial charge in [0.15, 0.2) is 0 Å². The molecule has 2 heteroatoms. The Morgan fingerprint density at radius 2 is 1.80 bits per heavy atom. The minimum Gasteiger partial charge on any atom is -0.496 e. The smallest absolute Gasteiger partial charge is 0.124 e. The molecule has 0 unspecified atom stereocenters. The third-order valence-electron chi connectivity index (χ3n) is 2.56. The van der Waals surface area contributed by atoms with Crippen LogP contribution in [0.4, 0.5) is 0 Å². The number of benzene rings is 1. The monoisotopic (exact) mass is 207 g/mol. The summed E-state index contributed by atoms with van der Waals surface area (Å²) in [7, 11) is 1.73. The van der Waals surface area contributed by atoms with Crippen molar-refractivity contribution >= 4 is 0 Å². The molecule has 1 rings (SSSR count). The zero-order valence-corrected chi connectivity index (χ0v) is 10.2. The summed E-state index contributed by atoms with van der Waals surface area (Å²) >= 11 is 0. The summed E-state index contributed by atoms with van der Waals surface area (Å²) < 4.78 is 5.34. The molecule has 0 aliphatic rings. The van der Waals surface area contributed by atoms with Gasteiger partial charge in [0.25, 0.3) is 0 Å². The highest BCUT2D eigenvalue weighted by molar-refractivity contribution is 5.43. The quantitative estimate of drug-likeness (QED) is 0.749. The first-order valence-electron chi connectivity index (χ1n) is 5.53. The van der Waals surface area contributed by atoms with Gasteiger partial charge in [-0.1, -0.05) is 19.1 Å². The van der Waals surface area contributed by atoms with E-state index in [2.05, 4.69) is 38.2 Å². The summed E-state index contributed by atoms with van der Waals surface area (Å²) in [6.45, 7) is 8.41. The molecular formula is C13H21NO. The molecule has 0 saturated heterocycles. The van der Waals surface area contributed by atoms with E-state index in [9.17, 15) is 0 Å². The predicted octanol–water partition coefficient (Wildman–Crippen LogP) is 2.46. The second-order valence-corrected chi connectivity index (χ2v) is 3.87. The zero-order chi connectivity index (χ0) is 11.3. The van der Waals surface area contributed by atoms with Crippen molar-refractivity contribution in [1.82, 2.24) is 5.32 Å². The van der Waals surface area contributed by atoms with Crippen molar-refractivity contribution < 1.29 is 4.74 Å². The summed E-state index contributed by atoms with van der Waals surface area (Å²) in [6.07, 6.45) is 1.08. The van der Waals surface area contributed by atoms with Crippen molar-refractivity contribution in [1.29, 1.82) is 0 Å². The molecule has 0 heterocycles. The topological polar surface area (TPSA) is 21.3 Å². The number of hydrogen-bond acceptors (Lipinski definition) is 2. The first-order valence-corrected chi connectivity index (χ1v) is 5.53. The molecule has 0 amide bonds. The number of aryl methyl sites for hydroxylation is 2. The number of nitrogens with one attached hydrogen (secondary N) is 1. The Balaban J connectivity index is 2.75. The summed E-state index contributed by atoms with van der Waals surface area (Å²) in [5.74, 6) is 1.02. The molecule has 0 atom stereocenters. The Morgan fingerprint density at radius 1 is 1.20 bits per heavy atom. The van der Waals surface area contributed by atoms with E-state index in [0.717, 1.165) is 25.3 Å². The molecule has 0 aromatic heterocycles. The lowest BCUT2D eigenvalue weighted by Gasteiger charge is -2.11. The van der Waals surface area contributed by atoms with Crippen LogP contribution in [0.5, 0.6) is 5.75 Å². The Labute approximate surface area is 92.6 Å². The van der Waals surface area contributed by atoms with Crippen LogP contribution in [-0.2, 0) is 6.42 Å². The highest BCUT2D eigenvalue weighted by Gasteiger charge is 2.04. The molecule has 1 aromatic carbocycles. The molecule has 15 heavy (non-hydrogen) atoms. The fourth-order valence-corrected chi connectivity index (χ4v) is 1.92. The van der Waals surface area contributed by atoms with Crippen LogP contribution in [0, 0.1) is 13.8 Å². The number of likely N-dealkylation sites (N-methyl/N-ethyl adjacent to an activating group) is 1. The zero-order valence-electron chi connectivity index (χ0n) is 10.2. The molecular weight excluding hydrogens is 186 g/mol. The average Bonchev–Trinajstić information content (AvgIpc) is 2.18. The van der Waals surface area contributed by atoms with Gasteiger partial charge in [-0.15, -0.1) is 0 Å². The Kier molecular flexibility index (Phi) is 4.63. The standard InChI is InChI=1S/C13H21NO/c1-5-14-7-6-12-8-10(2)13(15-4)11(3)9-12/h8-9,14H,5-7H2,1-4H3. The van der Waals surface area contributed by atoms with Crippen LogP contribution in [-0.4, -0.2) is 20.2 Å². The lowest BCUT2D eigenvalue weighted by Crippen LogP contribution is -2.16. The number of hydrogen-bond donors (Lipinski definition) is 1.